The lowest BCUT2D eigenvalue weighted by atomic mass is 9.90. The second kappa shape index (κ2) is 8.11. The van der Waals surface area contributed by atoms with Crippen molar-refractivity contribution in [1.82, 2.24) is 15.1 Å². The van der Waals surface area contributed by atoms with Gasteiger partial charge in [0.1, 0.15) is 0 Å². The topological polar surface area (TPSA) is 44.8 Å². The van der Waals surface area contributed by atoms with Crippen LogP contribution in [0.15, 0.2) is 0 Å². The van der Waals surface area contributed by atoms with Crippen LogP contribution >= 0.6 is 0 Å². The average Bonchev–Trinajstić information content (AvgIpc) is 2.55. The molecule has 5 heteroatoms. The standard InChI is InChI=1S/C16H31N3O2/c1-4-18-7-5-15(6-8-18)13(2)17-14(3)16(20)19-9-11-21-12-10-19/h13-15,17H,4-12H2,1-3H3. The monoisotopic (exact) mass is 297 g/mol. The molecule has 2 saturated heterocycles. The van der Waals surface area contributed by atoms with E-state index in [0.717, 1.165) is 19.6 Å². The van der Waals surface area contributed by atoms with Gasteiger partial charge in [-0.2, -0.15) is 0 Å². The van der Waals surface area contributed by atoms with Crippen molar-refractivity contribution >= 4 is 5.91 Å². The number of piperidine rings is 1. The van der Waals surface area contributed by atoms with Crippen LogP contribution in [-0.2, 0) is 9.53 Å². The van der Waals surface area contributed by atoms with Crippen LogP contribution in [0.25, 0.3) is 0 Å². The quantitative estimate of drug-likeness (QED) is 0.820. The van der Waals surface area contributed by atoms with E-state index in [2.05, 4.69) is 24.1 Å². The van der Waals surface area contributed by atoms with Crippen molar-refractivity contribution < 1.29 is 9.53 Å². The van der Waals surface area contributed by atoms with E-state index in [1.807, 2.05) is 11.8 Å². The summed E-state index contributed by atoms with van der Waals surface area (Å²) in [7, 11) is 0. The molecule has 2 aliphatic rings. The Bertz CT molecular complexity index is 323. The number of rotatable bonds is 5. The molecular weight excluding hydrogens is 266 g/mol. The van der Waals surface area contributed by atoms with E-state index in [9.17, 15) is 4.79 Å². The molecule has 5 nitrogen and oxygen atoms in total. The Morgan fingerprint density at radius 2 is 1.81 bits per heavy atom. The first-order valence-corrected chi connectivity index (χ1v) is 8.46. The first-order valence-electron chi connectivity index (χ1n) is 8.46. The zero-order valence-corrected chi connectivity index (χ0v) is 13.8. The minimum atomic E-state index is -0.0951. The first-order chi connectivity index (χ1) is 10.1. The number of nitrogens with one attached hydrogen (secondary N) is 1. The van der Waals surface area contributed by atoms with Crippen LogP contribution in [0.4, 0.5) is 0 Å². The number of nitrogens with zero attached hydrogens (tertiary/aromatic N) is 2. The number of morpholine rings is 1. The van der Waals surface area contributed by atoms with Crippen LogP contribution in [0, 0.1) is 5.92 Å². The third-order valence-corrected chi connectivity index (χ3v) is 4.99. The molecule has 2 rings (SSSR count). The third kappa shape index (κ3) is 4.66. The molecule has 0 radical (unpaired) electrons. The molecule has 1 amide bonds. The van der Waals surface area contributed by atoms with E-state index in [-0.39, 0.29) is 11.9 Å². The maximum absolute atomic E-state index is 12.4. The minimum absolute atomic E-state index is 0.0951. The molecule has 21 heavy (non-hydrogen) atoms. The summed E-state index contributed by atoms with van der Waals surface area (Å²) in [5, 5.41) is 3.53. The second-order valence-electron chi connectivity index (χ2n) is 6.39. The van der Waals surface area contributed by atoms with Gasteiger partial charge in [-0.3, -0.25) is 4.79 Å². The van der Waals surface area contributed by atoms with Gasteiger partial charge >= 0.3 is 0 Å². The summed E-state index contributed by atoms with van der Waals surface area (Å²) in [6.07, 6.45) is 2.47. The van der Waals surface area contributed by atoms with E-state index < -0.39 is 0 Å². The molecule has 0 aromatic rings. The molecule has 1 N–H and O–H groups in total. The Balaban J connectivity index is 1.76. The van der Waals surface area contributed by atoms with Gasteiger partial charge in [-0.05, 0) is 52.2 Å². The Labute approximate surface area is 129 Å². The van der Waals surface area contributed by atoms with Crippen LogP contribution in [0.2, 0.25) is 0 Å². The Morgan fingerprint density at radius 1 is 1.19 bits per heavy atom. The molecule has 2 atom stereocenters. The maximum Gasteiger partial charge on any atom is 0.239 e. The normalized spacial score (nSPS) is 24.8. The van der Waals surface area contributed by atoms with Crippen LogP contribution in [0.1, 0.15) is 33.6 Å². The Morgan fingerprint density at radius 3 is 2.38 bits per heavy atom. The summed E-state index contributed by atoms with van der Waals surface area (Å²) in [5.74, 6) is 0.906. The number of likely N-dealkylation sites (tertiary alicyclic amines) is 1. The molecular formula is C16H31N3O2. The summed E-state index contributed by atoms with van der Waals surface area (Å²) in [6.45, 7) is 12.8. The lowest BCUT2D eigenvalue weighted by molar-refractivity contribution is -0.137. The molecule has 2 unspecified atom stereocenters. The van der Waals surface area contributed by atoms with Crippen LogP contribution < -0.4 is 5.32 Å². The SMILES string of the molecule is CCN1CCC(C(C)NC(C)C(=O)N2CCOCC2)CC1. The molecule has 2 fully saturated rings. The highest BCUT2D eigenvalue weighted by atomic mass is 16.5. The number of ether oxygens (including phenoxy) is 1. The van der Waals surface area contributed by atoms with Crippen molar-refractivity contribution in [3.8, 4) is 0 Å². The van der Waals surface area contributed by atoms with Crippen LogP contribution in [-0.4, -0.2) is 73.7 Å². The Hall–Kier alpha value is -0.650. The van der Waals surface area contributed by atoms with Gasteiger partial charge in [0.05, 0.1) is 19.3 Å². The van der Waals surface area contributed by atoms with Gasteiger partial charge in [-0.15, -0.1) is 0 Å². The van der Waals surface area contributed by atoms with Gasteiger partial charge in [0.25, 0.3) is 0 Å². The lowest BCUT2D eigenvalue weighted by Crippen LogP contribution is -2.53. The van der Waals surface area contributed by atoms with Crippen LogP contribution in [0.5, 0.6) is 0 Å². The van der Waals surface area contributed by atoms with Gasteiger partial charge in [0.15, 0.2) is 0 Å². The van der Waals surface area contributed by atoms with E-state index in [1.54, 1.807) is 0 Å². The molecule has 0 bridgehead atoms. The molecule has 2 heterocycles. The molecule has 0 aromatic carbocycles. The average molecular weight is 297 g/mol. The smallest absolute Gasteiger partial charge is 0.239 e. The summed E-state index contributed by atoms with van der Waals surface area (Å²) < 4.78 is 5.31. The summed E-state index contributed by atoms with van der Waals surface area (Å²) in [5.41, 5.74) is 0. The molecule has 0 spiro atoms. The van der Waals surface area contributed by atoms with E-state index >= 15 is 0 Å². The van der Waals surface area contributed by atoms with Crippen molar-refractivity contribution in [2.24, 2.45) is 5.92 Å². The zero-order chi connectivity index (χ0) is 15.2. The van der Waals surface area contributed by atoms with E-state index in [0.29, 0.717) is 25.2 Å². The first kappa shape index (κ1) is 16.7. The molecule has 0 aromatic heterocycles. The molecule has 0 saturated carbocycles. The number of carbonyl (C=O) groups is 1. The molecule has 2 aliphatic heterocycles. The lowest BCUT2D eigenvalue weighted by Gasteiger charge is -2.36. The van der Waals surface area contributed by atoms with E-state index in [4.69, 9.17) is 4.74 Å². The number of hydrogen-bond donors (Lipinski definition) is 1. The second-order valence-corrected chi connectivity index (χ2v) is 6.39. The fourth-order valence-corrected chi connectivity index (χ4v) is 3.43. The largest absolute Gasteiger partial charge is 0.378 e. The van der Waals surface area contributed by atoms with Gasteiger partial charge in [-0.1, -0.05) is 6.92 Å². The summed E-state index contributed by atoms with van der Waals surface area (Å²) in [4.78, 5) is 16.8. The van der Waals surface area contributed by atoms with Gasteiger partial charge < -0.3 is 19.9 Å². The number of carbonyl (C=O) groups excluding carboxylic acids is 1. The van der Waals surface area contributed by atoms with Crippen molar-refractivity contribution in [2.45, 2.75) is 45.7 Å². The third-order valence-electron chi connectivity index (χ3n) is 4.99. The highest BCUT2D eigenvalue weighted by Crippen LogP contribution is 2.20. The van der Waals surface area contributed by atoms with Crippen molar-refractivity contribution in [3.63, 3.8) is 0 Å². The predicted molar refractivity (Wildman–Crippen MR) is 84.3 cm³/mol. The van der Waals surface area contributed by atoms with Crippen molar-refractivity contribution in [2.75, 3.05) is 45.9 Å². The summed E-state index contributed by atoms with van der Waals surface area (Å²) in [6, 6.07) is 0.311. The Kier molecular flexibility index (Phi) is 6.45. The van der Waals surface area contributed by atoms with Crippen molar-refractivity contribution in [3.05, 3.63) is 0 Å². The number of amides is 1. The van der Waals surface area contributed by atoms with Crippen LogP contribution in [0.3, 0.4) is 0 Å². The minimum Gasteiger partial charge on any atom is -0.378 e. The van der Waals surface area contributed by atoms with Gasteiger partial charge in [-0.25, -0.2) is 0 Å². The van der Waals surface area contributed by atoms with Gasteiger partial charge in [0.2, 0.25) is 5.91 Å². The fourth-order valence-electron chi connectivity index (χ4n) is 3.43. The predicted octanol–water partition coefficient (Wildman–Crippen LogP) is 0.944. The zero-order valence-electron chi connectivity index (χ0n) is 13.8. The number of hydrogen-bond acceptors (Lipinski definition) is 4. The summed E-state index contributed by atoms with van der Waals surface area (Å²) >= 11 is 0. The highest BCUT2D eigenvalue weighted by molar-refractivity contribution is 5.81. The maximum atomic E-state index is 12.4. The highest BCUT2D eigenvalue weighted by Gasteiger charge is 2.27. The fraction of sp³-hybridized carbons (Fsp3) is 0.938. The van der Waals surface area contributed by atoms with Crippen molar-refractivity contribution in [1.29, 1.82) is 0 Å². The van der Waals surface area contributed by atoms with Gasteiger partial charge in [0, 0.05) is 19.1 Å². The molecule has 122 valence electrons. The van der Waals surface area contributed by atoms with E-state index in [1.165, 1.54) is 25.9 Å². The molecule has 0 aliphatic carbocycles.